The zero-order valence-corrected chi connectivity index (χ0v) is 7.50. The number of ether oxygens (including phenoxy) is 1. The minimum atomic E-state index is -0.644. The molecule has 0 saturated heterocycles. The molecule has 0 radical (unpaired) electrons. The van der Waals surface area contributed by atoms with Gasteiger partial charge in [-0.25, -0.2) is 4.79 Å². The molecule has 5 heteroatoms. The fourth-order valence-corrected chi connectivity index (χ4v) is 0.448. The fraction of sp³-hybridized carbons (Fsp3) is 0.500. The van der Waals surface area contributed by atoms with E-state index < -0.39 is 6.16 Å². The van der Waals surface area contributed by atoms with Gasteiger partial charge in [-0.05, 0) is 22.6 Å². The lowest BCUT2D eigenvalue weighted by Crippen LogP contribution is -1.97. The second kappa shape index (κ2) is 4.88. The summed E-state index contributed by atoms with van der Waals surface area (Å²) in [7, 11) is 0. The number of rotatable bonds is 1. The minimum Gasteiger partial charge on any atom is -0.423 e. The van der Waals surface area contributed by atoms with E-state index in [1.807, 2.05) is 22.6 Å². The molecule has 0 rings (SSSR count). The molecular formula is C2H2I2O3. The number of hydrogen-bond donors (Lipinski definition) is 0. The maximum absolute atomic E-state index is 9.96. The molecule has 0 spiro atoms. The summed E-state index contributed by atoms with van der Waals surface area (Å²) in [6, 6.07) is 0. The molecule has 0 aliphatic heterocycles. The summed E-state index contributed by atoms with van der Waals surface area (Å²) in [5.41, 5.74) is 0. The van der Waals surface area contributed by atoms with Crippen LogP contribution in [0, 0.1) is 0 Å². The van der Waals surface area contributed by atoms with E-state index in [1.54, 1.807) is 0 Å². The fourth-order valence-electron chi connectivity index (χ4n) is 0.0668. The Labute approximate surface area is 68.6 Å². The molecule has 0 atom stereocenters. The molecule has 0 aliphatic carbocycles. The van der Waals surface area contributed by atoms with Crippen molar-refractivity contribution >= 4 is 51.8 Å². The van der Waals surface area contributed by atoms with Gasteiger partial charge in [0.2, 0.25) is 0 Å². The van der Waals surface area contributed by atoms with E-state index in [1.165, 1.54) is 23.0 Å². The van der Waals surface area contributed by atoms with Gasteiger partial charge in [0.05, 0.1) is 0 Å². The van der Waals surface area contributed by atoms with Crippen LogP contribution >= 0.6 is 45.6 Å². The Morgan fingerprint density at radius 1 is 1.71 bits per heavy atom. The molecule has 42 valence electrons. The van der Waals surface area contributed by atoms with E-state index in [0.717, 1.165) is 0 Å². The number of alkyl halides is 1. The standard InChI is InChI=1S/C2H2I2O3/c3-1-6-2(5)7-4/h1H2. The molecule has 0 heterocycles. The van der Waals surface area contributed by atoms with Crippen molar-refractivity contribution in [3.8, 4) is 0 Å². The second-order valence-corrected chi connectivity index (χ2v) is 1.64. The molecule has 0 saturated carbocycles. The monoisotopic (exact) mass is 328 g/mol. The first-order valence-corrected chi connectivity index (χ1v) is 3.73. The minimum absolute atomic E-state index is 0.333. The Morgan fingerprint density at radius 3 is 2.43 bits per heavy atom. The van der Waals surface area contributed by atoms with Crippen LogP contribution in [-0.4, -0.2) is 10.8 Å². The third-order valence-electron chi connectivity index (χ3n) is 0.235. The van der Waals surface area contributed by atoms with Gasteiger partial charge >= 0.3 is 6.16 Å². The third kappa shape index (κ3) is 4.59. The number of halogens is 2. The lowest BCUT2D eigenvalue weighted by Gasteiger charge is -1.91. The van der Waals surface area contributed by atoms with Crippen LogP contribution in [-0.2, 0) is 7.80 Å². The molecule has 0 aromatic heterocycles. The summed E-state index contributed by atoms with van der Waals surface area (Å²) in [6.45, 7) is 0. The Bertz CT molecular complexity index is 64.0. The molecule has 0 N–H and O–H groups in total. The van der Waals surface area contributed by atoms with E-state index >= 15 is 0 Å². The predicted octanol–water partition coefficient (Wildman–Crippen LogP) is 1.88. The Hall–Kier alpha value is 0.730. The first kappa shape index (κ1) is 7.73. The number of carbonyl (C=O) groups is 1. The van der Waals surface area contributed by atoms with Crippen LogP contribution in [0.4, 0.5) is 4.79 Å². The summed E-state index contributed by atoms with van der Waals surface area (Å²) in [5, 5.41) is 0. The van der Waals surface area contributed by atoms with E-state index in [0.29, 0.717) is 4.61 Å². The van der Waals surface area contributed by atoms with E-state index in [-0.39, 0.29) is 0 Å². The Morgan fingerprint density at radius 2 is 2.29 bits per heavy atom. The van der Waals surface area contributed by atoms with Gasteiger partial charge in [0, 0.05) is 0 Å². The highest BCUT2D eigenvalue weighted by molar-refractivity contribution is 14.1. The van der Waals surface area contributed by atoms with Crippen LogP contribution in [0.1, 0.15) is 0 Å². The van der Waals surface area contributed by atoms with Crippen LogP contribution < -0.4 is 0 Å². The van der Waals surface area contributed by atoms with Gasteiger partial charge < -0.3 is 7.80 Å². The molecule has 0 aromatic carbocycles. The van der Waals surface area contributed by atoms with E-state index in [4.69, 9.17) is 0 Å². The van der Waals surface area contributed by atoms with Gasteiger partial charge in [-0.1, -0.05) is 0 Å². The number of carbonyl (C=O) groups excluding carboxylic acids is 1. The van der Waals surface area contributed by atoms with Crippen LogP contribution in [0.2, 0.25) is 0 Å². The van der Waals surface area contributed by atoms with Crippen molar-refractivity contribution in [2.45, 2.75) is 0 Å². The van der Waals surface area contributed by atoms with Crippen molar-refractivity contribution in [2.24, 2.45) is 0 Å². The van der Waals surface area contributed by atoms with Crippen LogP contribution in [0.15, 0.2) is 0 Å². The Balaban J connectivity index is 3.00. The number of hydrogen-bond acceptors (Lipinski definition) is 3. The topological polar surface area (TPSA) is 35.5 Å². The average molecular weight is 328 g/mol. The van der Waals surface area contributed by atoms with Gasteiger partial charge in [-0.3, -0.25) is 0 Å². The van der Waals surface area contributed by atoms with Crippen LogP contribution in [0.3, 0.4) is 0 Å². The van der Waals surface area contributed by atoms with E-state index in [9.17, 15) is 4.79 Å². The summed E-state index contributed by atoms with van der Waals surface area (Å²) in [6.07, 6.45) is -0.644. The van der Waals surface area contributed by atoms with Gasteiger partial charge in [-0.15, -0.1) is 0 Å². The van der Waals surface area contributed by atoms with Gasteiger partial charge in [0.15, 0.2) is 23.0 Å². The van der Waals surface area contributed by atoms with Gasteiger partial charge in [-0.2, -0.15) is 0 Å². The SMILES string of the molecule is O=C(OI)OCI. The highest BCUT2D eigenvalue weighted by atomic mass is 127. The maximum Gasteiger partial charge on any atom is 0.518 e. The van der Waals surface area contributed by atoms with Crippen molar-refractivity contribution < 1.29 is 12.6 Å². The first-order valence-electron chi connectivity index (χ1n) is 1.32. The predicted molar refractivity (Wildman–Crippen MR) is 40.5 cm³/mol. The largest absolute Gasteiger partial charge is 0.518 e. The van der Waals surface area contributed by atoms with Crippen molar-refractivity contribution in [3.63, 3.8) is 0 Å². The summed E-state index contributed by atoms with van der Waals surface area (Å²) >= 11 is 3.36. The van der Waals surface area contributed by atoms with Crippen molar-refractivity contribution in [3.05, 3.63) is 0 Å². The third-order valence-corrected chi connectivity index (χ3v) is 0.906. The molecule has 0 amide bonds. The highest BCUT2D eigenvalue weighted by Crippen LogP contribution is 1.93. The maximum atomic E-state index is 9.96. The smallest absolute Gasteiger partial charge is 0.423 e. The molecule has 0 bridgehead atoms. The lowest BCUT2D eigenvalue weighted by molar-refractivity contribution is 0.134. The first-order chi connectivity index (χ1) is 3.31. The molecule has 3 nitrogen and oxygen atoms in total. The molecule has 0 aliphatic rings. The van der Waals surface area contributed by atoms with Gasteiger partial charge in [0.25, 0.3) is 0 Å². The second-order valence-electron chi connectivity index (χ2n) is 0.581. The Kier molecular flexibility index (Phi) is 5.39. The van der Waals surface area contributed by atoms with E-state index in [2.05, 4.69) is 7.80 Å². The molecule has 0 fully saturated rings. The van der Waals surface area contributed by atoms with Crippen LogP contribution in [0.25, 0.3) is 0 Å². The molecule has 0 aromatic rings. The van der Waals surface area contributed by atoms with Gasteiger partial charge in [0.1, 0.15) is 4.61 Å². The average Bonchev–Trinajstić information content (AvgIpc) is 1.68. The molecule has 7 heavy (non-hydrogen) atoms. The quantitative estimate of drug-likeness (QED) is 0.419. The van der Waals surface area contributed by atoms with Crippen molar-refractivity contribution in [1.82, 2.24) is 0 Å². The summed E-state index contributed by atoms with van der Waals surface area (Å²) < 4.78 is 8.74. The zero-order valence-electron chi connectivity index (χ0n) is 3.19. The zero-order chi connectivity index (χ0) is 5.70. The highest BCUT2D eigenvalue weighted by Gasteiger charge is 1.95. The summed E-state index contributed by atoms with van der Waals surface area (Å²) in [5.74, 6) is 0. The molecule has 0 unspecified atom stereocenters. The molecular weight excluding hydrogens is 326 g/mol. The normalized spacial score (nSPS) is 7.71. The summed E-state index contributed by atoms with van der Waals surface area (Å²) in [4.78, 5) is 9.96. The van der Waals surface area contributed by atoms with Crippen molar-refractivity contribution in [2.75, 3.05) is 4.61 Å². The lowest BCUT2D eigenvalue weighted by atomic mass is 11.4. The van der Waals surface area contributed by atoms with Crippen LogP contribution in [0.5, 0.6) is 0 Å². The van der Waals surface area contributed by atoms with Crippen molar-refractivity contribution in [1.29, 1.82) is 0 Å².